The van der Waals surface area contributed by atoms with E-state index in [9.17, 15) is 4.79 Å². The smallest absolute Gasteiger partial charge is 0.191 e. The van der Waals surface area contributed by atoms with Gasteiger partial charge in [-0.05, 0) is 23.8 Å². The Morgan fingerprint density at radius 1 is 1.19 bits per heavy atom. The third kappa shape index (κ3) is 1.40. The molecule has 2 unspecified atom stereocenters. The van der Waals surface area contributed by atoms with Gasteiger partial charge in [0, 0.05) is 5.56 Å². The maximum atomic E-state index is 12.2. The first kappa shape index (κ1) is 10.0. The van der Waals surface area contributed by atoms with Crippen LogP contribution in [0.5, 0.6) is 0 Å². The van der Waals surface area contributed by atoms with Crippen LogP contribution < -0.4 is 0 Å². The van der Waals surface area contributed by atoms with Gasteiger partial charge in [0.1, 0.15) is 6.10 Å². The summed E-state index contributed by atoms with van der Waals surface area (Å²) in [6, 6.07) is 7.87. The standard InChI is InChI=1S/C14H16O2/c1-14(2)7-11-9-5-3-4-6-10(9)13(15)12(8-14)16-11/h3-6,11-12H,7-8H2,1-2H3. The Balaban J connectivity index is 2.11. The van der Waals surface area contributed by atoms with Gasteiger partial charge in [0.05, 0.1) is 6.10 Å². The third-order valence-electron chi connectivity index (χ3n) is 3.67. The lowest BCUT2D eigenvalue weighted by atomic mass is 9.72. The van der Waals surface area contributed by atoms with Gasteiger partial charge in [0.15, 0.2) is 5.78 Å². The molecule has 16 heavy (non-hydrogen) atoms. The summed E-state index contributed by atoms with van der Waals surface area (Å²) in [4.78, 5) is 12.2. The quantitative estimate of drug-likeness (QED) is 0.666. The van der Waals surface area contributed by atoms with E-state index in [1.807, 2.05) is 24.3 Å². The van der Waals surface area contributed by atoms with Crippen LogP contribution in [-0.2, 0) is 4.74 Å². The number of carbonyl (C=O) groups excluding carboxylic acids is 1. The van der Waals surface area contributed by atoms with Crippen molar-refractivity contribution in [1.29, 1.82) is 0 Å². The Hall–Kier alpha value is -1.15. The molecule has 0 radical (unpaired) electrons. The molecule has 84 valence electrons. The maximum Gasteiger partial charge on any atom is 0.191 e. The number of benzene rings is 1. The van der Waals surface area contributed by atoms with Gasteiger partial charge < -0.3 is 4.74 Å². The number of fused-ring (bicyclic) bond motifs is 4. The topological polar surface area (TPSA) is 26.3 Å². The molecule has 1 aromatic carbocycles. The molecule has 0 amide bonds. The van der Waals surface area contributed by atoms with Crippen LogP contribution in [0, 0.1) is 5.41 Å². The van der Waals surface area contributed by atoms with Crippen molar-refractivity contribution in [3.8, 4) is 0 Å². The van der Waals surface area contributed by atoms with Crippen LogP contribution in [0.2, 0.25) is 0 Å². The predicted molar refractivity (Wildman–Crippen MR) is 61.4 cm³/mol. The van der Waals surface area contributed by atoms with Crippen LogP contribution in [0.3, 0.4) is 0 Å². The van der Waals surface area contributed by atoms with Gasteiger partial charge in [-0.25, -0.2) is 0 Å². The van der Waals surface area contributed by atoms with Crippen molar-refractivity contribution in [2.45, 2.75) is 38.9 Å². The first-order valence-electron chi connectivity index (χ1n) is 5.85. The van der Waals surface area contributed by atoms with Gasteiger partial charge in [0.2, 0.25) is 0 Å². The minimum atomic E-state index is -0.219. The van der Waals surface area contributed by atoms with Gasteiger partial charge >= 0.3 is 0 Å². The van der Waals surface area contributed by atoms with Gasteiger partial charge in [-0.15, -0.1) is 0 Å². The molecule has 1 aromatic rings. The summed E-state index contributed by atoms with van der Waals surface area (Å²) in [5, 5.41) is 0. The predicted octanol–water partition coefficient (Wildman–Crippen LogP) is 3.13. The second-order valence-corrected chi connectivity index (χ2v) is 5.64. The number of ketones is 1. The first-order valence-corrected chi connectivity index (χ1v) is 5.85. The molecule has 0 aromatic heterocycles. The molecule has 2 heteroatoms. The summed E-state index contributed by atoms with van der Waals surface area (Å²) in [7, 11) is 0. The van der Waals surface area contributed by atoms with Crippen LogP contribution in [0.25, 0.3) is 0 Å². The molecule has 2 aliphatic heterocycles. The minimum absolute atomic E-state index is 0.114. The summed E-state index contributed by atoms with van der Waals surface area (Å²) < 4.78 is 5.85. The number of hydrogen-bond acceptors (Lipinski definition) is 2. The fourth-order valence-corrected chi connectivity index (χ4v) is 2.89. The number of rotatable bonds is 0. The summed E-state index contributed by atoms with van der Waals surface area (Å²) in [6.45, 7) is 4.44. The lowest BCUT2D eigenvalue weighted by Gasteiger charge is -2.43. The van der Waals surface area contributed by atoms with Crippen molar-refractivity contribution in [2.24, 2.45) is 5.41 Å². The van der Waals surface area contributed by atoms with E-state index in [2.05, 4.69) is 13.8 Å². The van der Waals surface area contributed by atoms with E-state index in [1.165, 1.54) is 0 Å². The average molecular weight is 216 g/mol. The number of hydrogen-bond donors (Lipinski definition) is 0. The number of carbonyl (C=O) groups is 1. The van der Waals surface area contributed by atoms with Crippen LogP contribution in [-0.4, -0.2) is 11.9 Å². The highest BCUT2D eigenvalue weighted by atomic mass is 16.5. The Bertz CT molecular complexity index is 448. The van der Waals surface area contributed by atoms with E-state index in [-0.39, 0.29) is 23.4 Å². The summed E-state index contributed by atoms with van der Waals surface area (Å²) in [5.74, 6) is 0.166. The second-order valence-electron chi connectivity index (χ2n) is 5.64. The van der Waals surface area contributed by atoms with E-state index in [4.69, 9.17) is 4.74 Å². The average Bonchev–Trinajstić information content (AvgIpc) is 2.24. The van der Waals surface area contributed by atoms with E-state index >= 15 is 0 Å². The fourth-order valence-electron chi connectivity index (χ4n) is 2.89. The van der Waals surface area contributed by atoms with Crippen molar-refractivity contribution >= 4 is 5.78 Å². The SMILES string of the molecule is CC1(C)CC2OC(C1)c1ccccc1C2=O. The minimum Gasteiger partial charge on any atom is -0.362 e. The number of Topliss-reactive ketones (excluding diaryl/α,β-unsaturated/α-hetero) is 1. The monoisotopic (exact) mass is 216 g/mol. The summed E-state index contributed by atoms with van der Waals surface area (Å²) >= 11 is 0. The van der Waals surface area contributed by atoms with Crippen LogP contribution in [0.4, 0.5) is 0 Å². The molecule has 2 bridgehead atoms. The van der Waals surface area contributed by atoms with Crippen molar-refractivity contribution in [3.63, 3.8) is 0 Å². The van der Waals surface area contributed by atoms with E-state index in [0.717, 1.165) is 24.0 Å². The van der Waals surface area contributed by atoms with Crippen LogP contribution in [0.15, 0.2) is 24.3 Å². The van der Waals surface area contributed by atoms with Gasteiger partial charge in [-0.1, -0.05) is 38.1 Å². The molecule has 2 aliphatic rings. The Morgan fingerprint density at radius 3 is 2.69 bits per heavy atom. The molecular weight excluding hydrogens is 200 g/mol. The van der Waals surface area contributed by atoms with Crippen molar-refractivity contribution < 1.29 is 9.53 Å². The highest BCUT2D eigenvalue weighted by molar-refractivity contribution is 6.01. The van der Waals surface area contributed by atoms with E-state index in [1.54, 1.807) is 0 Å². The molecule has 3 rings (SSSR count). The fraction of sp³-hybridized carbons (Fsp3) is 0.500. The molecule has 0 N–H and O–H groups in total. The molecule has 0 saturated carbocycles. The number of ether oxygens (including phenoxy) is 1. The van der Waals surface area contributed by atoms with Crippen molar-refractivity contribution in [1.82, 2.24) is 0 Å². The Labute approximate surface area is 95.6 Å². The summed E-state index contributed by atoms with van der Waals surface area (Å²) in [5.41, 5.74) is 2.16. The molecule has 1 saturated heterocycles. The van der Waals surface area contributed by atoms with Gasteiger partial charge in [-0.3, -0.25) is 4.79 Å². The zero-order chi connectivity index (χ0) is 11.3. The molecule has 1 fully saturated rings. The zero-order valence-electron chi connectivity index (χ0n) is 9.69. The summed E-state index contributed by atoms with van der Waals surface area (Å²) in [6.07, 6.45) is 1.75. The van der Waals surface area contributed by atoms with E-state index in [0.29, 0.717) is 0 Å². The third-order valence-corrected chi connectivity index (χ3v) is 3.67. The van der Waals surface area contributed by atoms with Crippen LogP contribution >= 0.6 is 0 Å². The van der Waals surface area contributed by atoms with Crippen molar-refractivity contribution in [2.75, 3.05) is 0 Å². The largest absolute Gasteiger partial charge is 0.362 e. The van der Waals surface area contributed by atoms with E-state index < -0.39 is 0 Å². The Kier molecular flexibility index (Phi) is 1.99. The molecule has 2 nitrogen and oxygen atoms in total. The lowest BCUT2D eigenvalue weighted by Crippen LogP contribution is -2.42. The molecule has 0 spiro atoms. The lowest BCUT2D eigenvalue weighted by molar-refractivity contribution is -0.0852. The second kappa shape index (κ2) is 3.17. The molecular formula is C14H16O2. The highest BCUT2D eigenvalue weighted by Gasteiger charge is 2.43. The molecule has 0 aliphatic carbocycles. The zero-order valence-corrected chi connectivity index (χ0v) is 9.69. The molecule has 2 heterocycles. The highest BCUT2D eigenvalue weighted by Crippen LogP contribution is 2.46. The van der Waals surface area contributed by atoms with Gasteiger partial charge in [0.25, 0.3) is 0 Å². The van der Waals surface area contributed by atoms with Gasteiger partial charge in [-0.2, -0.15) is 0 Å². The Morgan fingerprint density at radius 2 is 1.88 bits per heavy atom. The first-order chi connectivity index (χ1) is 7.57. The van der Waals surface area contributed by atoms with Crippen molar-refractivity contribution in [3.05, 3.63) is 35.4 Å². The normalized spacial score (nSPS) is 31.0. The van der Waals surface area contributed by atoms with Crippen LogP contribution in [0.1, 0.15) is 48.7 Å². The molecule has 2 atom stereocenters. The maximum absolute atomic E-state index is 12.2.